The number of benzene rings is 2. The molecule has 0 aromatic heterocycles. The summed E-state index contributed by atoms with van der Waals surface area (Å²) >= 11 is 5.45. The van der Waals surface area contributed by atoms with Crippen molar-refractivity contribution in [2.45, 2.75) is 4.90 Å². The van der Waals surface area contributed by atoms with Crippen molar-refractivity contribution in [2.75, 3.05) is 6.61 Å². The second kappa shape index (κ2) is 6.54. The zero-order chi connectivity index (χ0) is 20.4. The maximum atomic E-state index is 14.3. The molecule has 0 radical (unpaired) electrons. The van der Waals surface area contributed by atoms with Crippen LogP contribution in [0.15, 0.2) is 69.9 Å². The Morgan fingerprint density at radius 2 is 1.63 bits per heavy atom. The van der Waals surface area contributed by atoms with Gasteiger partial charge < -0.3 is 4.74 Å². The minimum atomic E-state index is -8.99. The average Bonchev–Trinajstić information content (AvgIpc) is 2.59. The van der Waals surface area contributed by atoms with Crippen molar-refractivity contribution in [3.8, 4) is 0 Å². The SMILES string of the molecule is O=C(OC/C(Cl)=C/S(F)(F)(F)(F)c1ccc([N+](=O)[O-])cc1)c1ccccc1. The molecular weight excluding hydrogens is 414 g/mol. The van der Waals surface area contributed by atoms with Crippen LogP contribution in [0.25, 0.3) is 0 Å². The van der Waals surface area contributed by atoms with Gasteiger partial charge in [0.25, 0.3) is 5.69 Å². The number of esters is 1. The van der Waals surface area contributed by atoms with Crippen LogP contribution in [-0.2, 0) is 4.74 Å². The van der Waals surface area contributed by atoms with Crippen molar-refractivity contribution in [3.63, 3.8) is 0 Å². The van der Waals surface area contributed by atoms with Gasteiger partial charge in [0.15, 0.2) is 0 Å². The highest BCUT2D eigenvalue weighted by Crippen LogP contribution is 3.01. The Morgan fingerprint density at radius 3 is 2.15 bits per heavy atom. The first-order valence-electron chi connectivity index (χ1n) is 7.16. The summed E-state index contributed by atoms with van der Waals surface area (Å²) < 4.78 is 61.7. The average molecular weight is 426 g/mol. The Bertz CT molecular complexity index is 914. The van der Waals surface area contributed by atoms with Crippen LogP contribution in [0.1, 0.15) is 10.4 Å². The van der Waals surface area contributed by atoms with Gasteiger partial charge in [0.2, 0.25) is 9.84 Å². The fourth-order valence-electron chi connectivity index (χ4n) is 2.00. The Balaban J connectivity index is 2.24. The molecule has 2 rings (SSSR count). The van der Waals surface area contributed by atoms with E-state index in [2.05, 4.69) is 4.74 Å². The van der Waals surface area contributed by atoms with E-state index in [-0.39, 0.29) is 17.7 Å². The first-order valence-corrected chi connectivity index (χ1v) is 9.65. The third-order valence-corrected chi connectivity index (χ3v) is 5.62. The summed E-state index contributed by atoms with van der Waals surface area (Å²) in [5.74, 6) is -0.930. The zero-order valence-corrected chi connectivity index (χ0v) is 14.9. The van der Waals surface area contributed by atoms with Crippen LogP contribution in [0, 0.1) is 10.1 Å². The van der Waals surface area contributed by atoms with Crippen LogP contribution in [0.3, 0.4) is 0 Å². The number of carbonyl (C=O) groups excluding carboxylic acids is 1. The van der Waals surface area contributed by atoms with Gasteiger partial charge >= 0.3 is 5.97 Å². The third kappa shape index (κ3) is 5.20. The lowest BCUT2D eigenvalue weighted by atomic mass is 10.2. The van der Waals surface area contributed by atoms with E-state index in [1.165, 1.54) is 24.3 Å². The molecular formula is C16H12ClF4NO4S. The molecule has 27 heavy (non-hydrogen) atoms. The van der Waals surface area contributed by atoms with Crippen LogP contribution in [0.2, 0.25) is 0 Å². The predicted molar refractivity (Wildman–Crippen MR) is 94.0 cm³/mol. The quantitative estimate of drug-likeness (QED) is 0.235. The molecule has 0 aliphatic rings. The van der Waals surface area contributed by atoms with Crippen molar-refractivity contribution >= 4 is 33.1 Å². The number of nitrogens with zero attached hydrogens (tertiary/aromatic N) is 1. The van der Waals surface area contributed by atoms with Gasteiger partial charge in [0, 0.05) is 12.1 Å². The minimum absolute atomic E-state index is 0.0874. The van der Waals surface area contributed by atoms with Gasteiger partial charge in [-0.25, -0.2) is 4.79 Å². The topological polar surface area (TPSA) is 69.4 Å². The summed E-state index contributed by atoms with van der Waals surface area (Å²) in [6, 6.07) is 9.02. The standard InChI is InChI=1S/C16H12ClF4NO4S/c17-13(10-26-16(23)12-4-2-1-3-5-12)11-27(18,19,20,21)15-8-6-14(7-9-15)22(24)25/h1-9,11H,10H2/b13-11-. The van der Waals surface area contributed by atoms with Gasteiger partial charge in [-0.2, -0.15) is 0 Å². The molecule has 0 unspecified atom stereocenters. The summed E-state index contributed by atoms with van der Waals surface area (Å²) in [5.41, 5.74) is -0.538. The Morgan fingerprint density at radius 1 is 1.07 bits per heavy atom. The molecule has 146 valence electrons. The summed E-state index contributed by atoms with van der Waals surface area (Å²) in [4.78, 5) is 19.6. The molecule has 0 bridgehead atoms. The fraction of sp³-hybridized carbons (Fsp3) is 0.0625. The fourth-order valence-corrected chi connectivity index (χ4v) is 4.02. The molecule has 0 amide bonds. The number of rotatable bonds is 6. The van der Waals surface area contributed by atoms with E-state index in [0.717, 1.165) is 0 Å². The van der Waals surface area contributed by atoms with E-state index < -0.39 is 48.4 Å². The Labute approximate surface area is 155 Å². The molecule has 5 nitrogen and oxygen atoms in total. The molecule has 0 heterocycles. The van der Waals surface area contributed by atoms with Gasteiger partial charge in [-0.3, -0.25) is 10.1 Å². The molecule has 0 saturated carbocycles. The van der Waals surface area contributed by atoms with Gasteiger partial charge in [-0.05, 0) is 24.3 Å². The Kier molecular flexibility index (Phi) is 5.02. The number of halogens is 5. The summed E-state index contributed by atoms with van der Waals surface area (Å²) in [7, 11) is -8.99. The highest BCUT2D eigenvalue weighted by Gasteiger charge is 2.63. The lowest BCUT2D eigenvalue weighted by molar-refractivity contribution is -0.384. The van der Waals surface area contributed by atoms with Gasteiger partial charge in [-0.15, -0.1) is 15.5 Å². The van der Waals surface area contributed by atoms with Gasteiger partial charge in [0.1, 0.15) is 6.61 Å². The lowest BCUT2D eigenvalue weighted by Crippen LogP contribution is -2.13. The third-order valence-electron chi connectivity index (χ3n) is 3.26. The second-order valence-corrected chi connectivity index (χ2v) is 8.85. The van der Waals surface area contributed by atoms with E-state index in [1.54, 1.807) is 6.07 Å². The smallest absolute Gasteiger partial charge is 0.338 e. The van der Waals surface area contributed by atoms with Crippen LogP contribution in [0.4, 0.5) is 21.2 Å². The van der Waals surface area contributed by atoms with E-state index in [4.69, 9.17) is 11.6 Å². The highest BCUT2D eigenvalue weighted by atomic mass is 35.5. The van der Waals surface area contributed by atoms with Crippen LogP contribution < -0.4 is 0 Å². The van der Waals surface area contributed by atoms with Crippen molar-refractivity contribution in [2.24, 2.45) is 0 Å². The molecule has 2 aromatic rings. The molecule has 0 saturated heterocycles. The largest absolute Gasteiger partial charge is 0.456 e. The first kappa shape index (κ1) is 20.7. The van der Waals surface area contributed by atoms with Gasteiger partial charge in [0.05, 0.1) is 25.8 Å². The monoisotopic (exact) mass is 425 g/mol. The highest BCUT2D eigenvalue weighted by molar-refractivity contribution is 8.52. The first-order chi connectivity index (χ1) is 12.3. The van der Waals surface area contributed by atoms with E-state index in [9.17, 15) is 30.5 Å². The van der Waals surface area contributed by atoms with E-state index in [1.807, 2.05) is 0 Å². The number of nitro groups is 1. The number of carbonyl (C=O) groups is 1. The molecule has 0 spiro atoms. The number of ether oxygens (including phenoxy) is 1. The number of hydrogen-bond donors (Lipinski definition) is 0. The molecule has 0 aliphatic carbocycles. The number of non-ortho nitro benzene ring substituents is 1. The molecule has 0 N–H and O–H groups in total. The summed E-state index contributed by atoms with van der Waals surface area (Å²) in [5, 5.41) is 8.70. The van der Waals surface area contributed by atoms with Crippen LogP contribution >= 0.6 is 21.4 Å². The van der Waals surface area contributed by atoms with Crippen molar-refractivity contribution < 1.29 is 30.0 Å². The number of nitro benzene ring substituents is 1. The molecule has 2 aromatic carbocycles. The van der Waals surface area contributed by atoms with E-state index in [0.29, 0.717) is 12.1 Å². The summed E-state index contributed by atoms with van der Waals surface area (Å²) in [6.07, 6.45) is 0. The Hall–Kier alpha value is -2.59. The van der Waals surface area contributed by atoms with Gasteiger partial charge in [-0.1, -0.05) is 29.8 Å². The maximum Gasteiger partial charge on any atom is 0.338 e. The van der Waals surface area contributed by atoms with Crippen LogP contribution in [-0.4, -0.2) is 17.5 Å². The normalized spacial score (nSPS) is 14.8. The zero-order valence-electron chi connectivity index (χ0n) is 13.4. The molecule has 0 fully saturated rings. The van der Waals surface area contributed by atoms with E-state index >= 15 is 0 Å². The molecule has 11 heteroatoms. The minimum Gasteiger partial charge on any atom is -0.456 e. The van der Waals surface area contributed by atoms with Crippen molar-refractivity contribution in [1.82, 2.24) is 0 Å². The lowest BCUT2D eigenvalue weighted by Gasteiger charge is -2.47. The van der Waals surface area contributed by atoms with Crippen LogP contribution in [0.5, 0.6) is 0 Å². The van der Waals surface area contributed by atoms with Crippen molar-refractivity contribution in [3.05, 3.63) is 80.7 Å². The maximum absolute atomic E-state index is 14.3. The molecule has 0 atom stereocenters. The number of hydrogen-bond acceptors (Lipinski definition) is 4. The van der Waals surface area contributed by atoms with Crippen molar-refractivity contribution in [1.29, 1.82) is 0 Å². The predicted octanol–water partition coefficient (Wildman–Crippen LogP) is 6.30. The second-order valence-electron chi connectivity index (χ2n) is 5.39. The molecule has 0 aliphatic heterocycles. The summed E-state index contributed by atoms with van der Waals surface area (Å²) in [6.45, 7) is -0.996.